The normalized spacial score (nSPS) is 11.7. The highest BCUT2D eigenvalue weighted by Crippen LogP contribution is 2.28. The Balaban J connectivity index is 1.81. The lowest BCUT2D eigenvalue weighted by atomic mass is 10.2. The third-order valence-corrected chi connectivity index (χ3v) is 7.59. The first-order valence-electron chi connectivity index (χ1n) is 10.9. The van der Waals surface area contributed by atoms with Gasteiger partial charge < -0.3 is 9.84 Å². The van der Waals surface area contributed by atoms with Crippen LogP contribution in [-0.4, -0.2) is 43.1 Å². The quantitative estimate of drug-likeness (QED) is 0.280. The van der Waals surface area contributed by atoms with Crippen molar-refractivity contribution >= 4 is 45.3 Å². The van der Waals surface area contributed by atoms with E-state index in [4.69, 9.17) is 27.9 Å². The predicted octanol–water partition coefficient (Wildman–Crippen LogP) is 4.75. The molecule has 0 aliphatic heterocycles. The topological polar surface area (TPSA) is 108 Å². The van der Waals surface area contributed by atoms with Crippen molar-refractivity contribution in [2.75, 3.05) is 13.2 Å². The number of benzene rings is 3. The molecule has 11 heteroatoms. The van der Waals surface area contributed by atoms with Crippen LogP contribution >= 0.6 is 23.2 Å². The minimum absolute atomic E-state index is 0.0436. The lowest BCUT2D eigenvalue weighted by molar-refractivity contribution is -0.121. The Labute approximate surface area is 220 Å². The van der Waals surface area contributed by atoms with E-state index in [1.165, 1.54) is 18.3 Å². The van der Waals surface area contributed by atoms with Crippen LogP contribution in [0.25, 0.3) is 0 Å². The largest absolute Gasteiger partial charge is 0.504 e. The summed E-state index contributed by atoms with van der Waals surface area (Å²) in [6.45, 7) is 3.36. The van der Waals surface area contributed by atoms with Gasteiger partial charge in [-0.1, -0.05) is 53.0 Å². The summed E-state index contributed by atoms with van der Waals surface area (Å²) < 4.78 is 33.1. The van der Waals surface area contributed by atoms with Crippen LogP contribution in [-0.2, 0) is 21.4 Å². The van der Waals surface area contributed by atoms with E-state index < -0.39 is 22.5 Å². The van der Waals surface area contributed by atoms with Gasteiger partial charge in [0.25, 0.3) is 5.91 Å². The zero-order chi connectivity index (χ0) is 26.3. The lowest BCUT2D eigenvalue weighted by Crippen LogP contribution is -2.39. The van der Waals surface area contributed by atoms with Gasteiger partial charge in [-0.05, 0) is 55.8 Å². The van der Waals surface area contributed by atoms with Crippen molar-refractivity contribution in [2.24, 2.45) is 5.10 Å². The molecule has 2 N–H and O–H groups in total. The van der Waals surface area contributed by atoms with Gasteiger partial charge in [0, 0.05) is 12.1 Å². The molecule has 0 aromatic heterocycles. The van der Waals surface area contributed by atoms with E-state index >= 15 is 0 Å². The number of aryl methyl sites for hydroxylation is 1. The minimum Gasteiger partial charge on any atom is -0.504 e. The number of para-hydroxylation sites is 1. The zero-order valence-corrected chi connectivity index (χ0v) is 21.9. The van der Waals surface area contributed by atoms with Crippen LogP contribution in [0.15, 0.2) is 70.7 Å². The highest BCUT2D eigenvalue weighted by molar-refractivity contribution is 7.89. The van der Waals surface area contributed by atoms with Crippen LogP contribution in [0.3, 0.4) is 0 Å². The number of hydrogen-bond donors (Lipinski definition) is 2. The van der Waals surface area contributed by atoms with Crippen molar-refractivity contribution in [2.45, 2.75) is 25.3 Å². The van der Waals surface area contributed by atoms with Gasteiger partial charge in [0.2, 0.25) is 10.0 Å². The maximum absolute atomic E-state index is 13.4. The number of halogens is 2. The number of phenolic OH excluding ortho intramolecular Hbond substituents is 1. The van der Waals surface area contributed by atoms with Gasteiger partial charge in [-0.15, -0.1) is 0 Å². The van der Waals surface area contributed by atoms with Crippen LogP contribution in [0, 0.1) is 6.92 Å². The molecule has 8 nitrogen and oxygen atoms in total. The number of ether oxygens (including phenoxy) is 1. The van der Waals surface area contributed by atoms with Crippen LogP contribution in [0.2, 0.25) is 10.0 Å². The molecule has 3 aromatic rings. The summed E-state index contributed by atoms with van der Waals surface area (Å²) >= 11 is 12.1. The molecule has 0 spiro atoms. The fraction of sp³-hybridized carbons (Fsp3) is 0.200. The molecule has 0 unspecified atom stereocenters. The summed E-state index contributed by atoms with van der Waals surface area (Å²) in [7, 11) is -4.04. The second kappa shape index (κ2) is 12.2. The molecule has 0 saturated heterocycles. The number of aromatic hydroxyl groups is 1. The van der Waals surface area contributed by atoms with Crippen molar-refractivity contribution < 1.29 is 23.1 Å². The van der Waals surface area contributed by atoms with E-state index in [1.807, 2.05) is 6.92 Å². The molecule has 0 saturated carbocycles. The van der Waals surface area contributed by atoms with E-state index in [9.17, 15) is 18.3 Å². The molecule has 0 fully saturated rings. The molecule has 0 aliphatic rings. The molecule has 0 radical (unpaired) electrons. The van der Waals surface area contributed by atoms with Crippen LogP contribution in [0.1, 0.15) is 23.6 Å². The van der Waals surface area contributed by atoms with Crippen LogP contribution in [0.4, 0.5) is 0 Å². The van der Waals surface area contributed by atoms with Gasteiger partial charge in [-0.2, -0.15) is 9.41 Å². The monoisotopic (exact) mass is 549 g/mol. The summed E-state index contributed by atoms with van der Waals surface area (Å²) in [4.78, 5) is 12.7. The lowest BCUT2D eigenvalue weighted by Gasteiger charge is -2.22. The van der Waals surface area contributed by atoms with Crippen molar-refractivity contribution in [1.29, 1.82) is 0 Å². The number of hydrogen-bond acceptors (Lipinski definition) is 6. The third kappa shape index (κ3) is 6.98. The number of carbonyl (C=O) groups excluding carboxylic acids is 1. The molecule has 3 rings (SSSR count). The Hall–Kier alpha value is -3.11. The van der Waals surface area contributed by atoms with Crippen molar-refractivity contribution in [3.05, 3.63) is 87.4 Å². The Morgan fingerprint density at radius 3 is 2.50 bits per heavy atom. The Morgan fingerprint density at radius 1 is 1.11 bits per heavy atom. The van der Waals surface area contributed by atoms with Crippen molar-refractivity contribution in [3.8, 4) is 11.5 Å². The third-order valence-electron chi connectivity index (χ3n) is 5.04. The van der Waals surface area contributed by atoms with Gasteiger partial charge in [0.1, 0.15) is 0 Å². The summed E-state index contributed by atoms with van der Waals surface area (Å²) in [5.74, 6) is -0.521. The number of nitrogens with one attached hydrogen (secondary N) is 1. The molecule has 3 aromatic carbocycles. The first kappa shape index (κ1) is 27.5. The molecular weight excluding hydrogens is 525 g/mol. The fourth-order valence-electron chi connectivity index (χ4n) is 3.21. The first-order chi connectivity index (χ1) is 17.1. The van der Waals surface area contributed by atoms with Crippen molar-refractivity contribution in [3.63, 3.8) is 0 Å². The molecular formula is C25H25Cl2N3O5S. The molecule has 190 valence electrons. The van der Waals surface area contributed by atoms with Gasteiger partial charge in [0.15, 0.2) is 11.5 Å². The van der Waals surface area contributed by atoms with E-state index in [2.05, 4.69) is 10.5 Å². The highest BCUT2D eigenvalue weighted by atomic mass is 35.5. The van der Waals surface area contributed by atoms with Crippen molar-refractivity contribution in [1.82, 2.24) is 9.73 Å². The van der Waals surface area contributed by atoms with E-state index in [1.54, 1.807) is 55.5 Å². The number of sulfonamides is 1. The smallest absolute Gasteiger partial charge is 0.255 e. The molecule has 0 bridgehead atoms. The second-order valence-electron chi connectivity index (χ2n) is 7.75. The Bertz CT molecular complexity index is 1360. The summed E-state index contributed by atoms with van der Waals surface area (Å²) in [6.07, 6.45) is 1.24. The number of rotatable bonds is 10. The minimum atomic E-state index is -4.04. The summed E-state index contributed by atoms with van der Waals surface area (Å²) in [6, 6.07) is 15.9. The molecule has 0 atom stereocenters. The van der Waals surface area contributed by atoms with E-state index in [-0.39, 0.29) is 28.0 Å². The summed E-state index contributed by atoms with van der Waals surface area (Å²) in [5.41, 5.74) is 4.07. The molecule has 0 aliphatic carbocycles. The molecule has 0 heterocycles. The first-order valence-corrected chi connectivity index (χ1v) is 13.1. The number of carbonyl (C=O) groups is 1. The predicted molar refractivity (Wildman–Crippen MR) is 140 cm³/mol. The van der Waals surface area contributed by atoms with E-state index in [0.29, 0.717) is 22.8 Å². The second-order valence-corrected chi connectivity index (χ2v) is 10.5. The maximum atomic E-state index is 13.4. The standard InChI is InChI=1S/C25H25Cl2N3O5S/c1-3-35-23-6-4-5-19(25(23)32)14-28-29-24(31)16-30(15-18-9-12-21(26)22(27)13-18)36(33,34)20-10-7-17(2)8-11-20/h4-14,32H,3,15-16H2,1-2H3,(H,29,31)/b28-14-. The number of phenols is 1. The number of amides is 1. The average molecular weight is 550 g/mol. The van der Waals surface area contributed by atoms with Gasteiger partial charge in [0.05, 0.1) is 34.3 Å². The molecule has 36 heavy (non-hydrogen) atoms. The Kier molecular flexibility index (Phi) is 9.33. The zero-order valence-electron chi connectivity index (χ0n) is 19.6. The number of nitrogens with zero attached hydrogens (tertiary/aromatic N) is 2. The SMILES string of the molecule is CCOc1cccc(/C=N\NC(=O)CN(Cc2ccc(Cl)c(Cl)c2)S(=O)(=O)c2ccc(C)cc2)c1O. The van der Waals surface area contributed by atoms with E-state index in [0.717, 1.165) is 9.87 Å². The van der Waals surface area contributed by atoms with Crippen LogP contribution in [0.5, 0.6) is 11.5 Å². The molecule has 1 amide bonds. The highest BCUT2D eigenvalue weighted by Gasteiger charge is 2.27. The Morgan fingerprint density at radius 2 is 1.83 bits per heavy atom. The average Bonchev–Trinajstić information content (AvgIpc) is 2.83. The summed E-state index contributed by atoms with van der Waals surface area (Å²) in [5, 5.41) is 14.7. The van der Waals surface area contributed by atoms with Gasteiger partial charge in [-0.25, -0.2) is 13.8 Å². The number of hydrazone groups is 1. The fourth-order valence-corrected chi connectivity index (χ4v) is 4.92. The van der Waals surface area contributed by atoms with Crippen LogP contribution < -0.4 is 10.2 Å². The van der Waals surface area contributed by atoms with Gasteiger partial charge in [-0.3, -0.25) is 4.79 Å². The maximum Gasteiger partial charge on any atom is 0.255 e. The van der Waals surface area contributed by atoms with Gasteiger partial charge >= 0.3 is 0 Å².